The molecule has 4 rings (SSSR count). The van der Waals surface area contributed by atoms with E-state index < -0.39 is 17.0 Å². The Hall–Kier alpha value is -1.49. The lowest BCUT2D eigenvalue weighted by Gasteiger charge is -2.60. The number of ketones is 2. The van der Waals surface area contributed by atoms with Crippen LogP contribution in [0.25, 0.3) is 0 Å². The van der Waals surface area contributed by atoms with Crippen molar-refractivity contribution in [3.63, 3.8) is 0 Å². The van der Waals surface area contributed by atoms with E-state index in [0.29, 0.717) is 24.2 Å². The fourth-order valence-electron chi connectivity index (χ4n) is 8.20. The number of hydrogen-bond donors (Lipinski definition) is 1. The third kappa shape index (κ3) is 2.80. The minimum atomic E-state index is -1.46. The second-order valence-corrected chi connectivity index (χ2v) is 11.1. The molecule has 0 aromatic heterocycles. The average Bonchev–Trinajstić information content (AvgIpc) is 2.89. The predicted octanol–water partition coefficient (Wildman–Crippen LogP) is 3.87. The van der Waals surface area contributed by atoms with Crippen LogP contribution < -0.4 is 0 Å². The molecule has 0 aromatic carbocycles. The third-order valence-corrected chi connectivity index (χ3v) is 9.69. The first kappa shape index (κ1) is 21.7. The van der Waals surface area contributed by atoms with Gasteiger partial charge in [0.1, 0.15) is 5.60 Å². The molecule has 166 valence electrons. The zero-order valence-electron chi connectivity index (χ0n) is 19.0. The van der Waals surface area contributed by atoms with Gasteiger partial charge in [0.2, 0.25) is 5.78 Å². The van der Waals surface area contributed by atoms with E-state index in [0.717, 1.165) is 32.1 Å². The molecule has 3 fully saturated rings. The Labute approximate surface area is 179 Å². The fraction of sp³-hybridized carbons (Fsp3) is 0.800. The minimum absolute atomic E-state index is 0.0449. The quantitative estimate of drug-likeness (QED) is 0.707. The molecule has 0 heterocycles. The molecule has 0 amide bonds. The zero-order chi connectivity index (χ0) is 22.1. The van der Waals surface area contributed by atoms with Crippen LogP contribution in [0.5, 0.6) is 0 Å². The molecule has 0 aromatic rings. The normalized spacial score (nSPS) is 47.6. The number of ether oxygens (including phenoxy) is 1. The maximum atomic E-state index is 13.1. The van der Waals surface area contributed by atoms with E-state index in [4.69, 9.17) is 4.74 Å². The molecule has 4 aliphatic rings. The van der Waals surface area contributed by atoms with Gasteiger partial charge >= 0.3 is 5.97 Å². The molecule has 0 unspecified atom stereocenters. The topological polar surface area (TPSA) is 80.7 Å². The van der Waals surface area contributed by atoms with Gasteiger partial charge in [-0.3, -0.25) is 14.4 Å². The van der Waals surface area contributed by atoms with E-state index in [2.05, 4.69) is 20.8 Å². The van der Waals surface area contributed by atoms with Gasteiger partial charge < -0.3 is 9.84 Å². The van der Waals surface area contributed by atoms with Crippen LogP contribution in [0.4, 0.5) is 0 Å². The summed E-state index contributed by atoms with van der Waals surface area (Å²) in [5, 5.41) is 11.8. The Morgan fingerprint density at radius 3 is 2.53 bits per heavy atom. The number of carbonyl (C=O) groups excluding carboxylic acids is 3. The molecular weight excluding hydrogens is 380 g/mol. The summed E-state index contributed by atoms with van der Waals surface area (Å²) >= 11 is 0. The number of aliphatic hydroxyl groups is 1. The molecule has 8 atom stereocenters. The lowest BCUT2D eigenvalue weighted by atomic mass is 9.44. The predicted molar refractivity (Wildman–Crippen MR) is 112 cm³/mol. The van der Waals surface area contributed by atoms with Crippen molar-refractivity contribution in [2.75, 3.05) is 6.61 Å². The molecule has 0 aliphatic heterocycles. The van der Waals surface area contributed by atoms with Gasteiger partial charge in [-0.2, -0.15) is 0 Å². The summed E-state index contributed by atoms with van der Waals surface area (Å²) < 4.78 is 4.99. The summed E-state index contributed by atoms with van der Waals surface area (Å²) in [6.07, 6.45) is 7.05. The maximum Gasteiger partial charge on any atom is 0.303 e. The van der Waals surface area contributed by atoms with E-state index in [1.807, 2.05) is 13.0 Å². The van der Waals surface area contributed by atoms with Crippen molar-refractivity contribution in [3.05, 3.63) is 11.6 Å². The van der Waals surface area contributed by atoms with Gasteiger partial charge in [0, 0.05) is 18.8 Å². The van der Waals surface area contributed by atoms with Crippen LogP contribution in [-0.2, 0) is 19.1 Å². The molecule has 0 radical (unpaired) electrons. The van der Waals surface area contributed by atoms with Crippen LogP contribution in [0, 0.1) is 40.4 Å². The molecule has 3 saturated carbocycles. The monoisotopic (exact) mass is 416 g/mol. The Morgan fingerprint density at radius 2 is 1.87 bits per heavy atom. The van der Waals surface area contributed by atoms with Crippen molar-refractivity contribution >= 4 is 17.5 Å². The largest absolute Gasteiger partial charge is 0.458 e. The molecule has 5 nitrogen and oxygen atoms in total. The van der Waals surface area contributed by atoms with Gasteiger partial charge in [0.05, 0.1) is 0 Å². The summed E-state index contributed by atoms with van der Waals surface area (Å²) in [5.74, 6) is 0.780. The van der Waals surface area contributed by atoms with Gasteiger partial charge in [-0.25, -0.2) is 0 Å². The first-order valence-corrected chi connectivity index (χ1v) is 11.6. The minimum Gasteiger partial charge on any atom is -0.458 e. The van der Waals surface area contributed by atoms with Crippen LogP contribution in [0.15, 0.2) is 11.6 Å². The lowest BCUT2D eigenvalue weighted by molar-refractivity contribution is -0.175. The number of hydrogen-bond acceptors (Lipinski definition) is 5. The van der Waals surface area contributed by atoms with E-state index in [1.54, 1.807) is 0 Å². The number of fused-ring (bicyclic) bond motifs is 5. The Balaban J connectivity index is 1.68. The lowest BCUT2D eigenvalue weighted by Crippen LogP contribution is -2.60. The highest BCUT2D eigenvalue weighted by atomic mass is 16.5. The van der Waals surface area contributed by atoms with Crippen LogP contribution >= 0.6 is 0 Å². The summed E-state index contributed by atoms with van der Waals surface area (Å²) in [6.45, 7) is 9.58. The molecular formula is C25H36O5. The first-order valence-electron chi connectivity index (χ1n) is 11.6. The smallest absolute Gasteiger partial charge is 0.303 e. The Bertz CT molecular complexity index is 814. The van der Waals surface area contributed by atoms with Crippen molar-refractivity contribution in [2.45, 2.75) is 78.7 Å². The van der Waals surface area contributed by atoms with Gasteiger partial charge in [0.25, 0.3) is 0 Å². The first-order chi connectivity index (χ1) is 13.9. The van der Waals surface area contributed by atoms with Crippen molar-refractivity contribution in [3.8, 4) is 0 Å². The van der Waals surface area contributed by atoms with Gasteiger partial charge in [-0.15, -0.1) is 0 Å². The second kappa shape index (κ2) is 7.01. The van der Waals surface area contributed by atoms with Crippen LogP contribution in [0.1, 0.15) is 73.1 Å². The van der Waals surface area contributed by atoms with Gasteiger partial charge in [-0.1, -0.05) is 33.3 Å². The van der Waals surface area contributed by atoms with E-state index in [1.165, 1.54) is 12.5 Å². The number of rotatable bonds is 3. The average molecular weight is 417 g/mol. The molecule has 5 heteroatoms. The van der Waals surface area contributed by atoms with E-state index in [-0.39, 0.29) is 35.4 Å². The number of allylic oxidation sites excluding steroid dienone is 1. The van der Waals surface area contributed by atoms with Crippen molar-refractivity contribution in [1.29, 1.82) is 0 Å². The summed E-state index contributed by atoms with van der Waals surface area (Å²) in [6, 6.07) is 0. The van der Waals surface area contributed by atoms with Crippen LogP contribution in [-0.4, -0.2) is 34.9 Å². The molecule has 0 saturated heterocycles. The standard InChI is InChI=1S/C25H36O5/c1-14-10-18-19(23(4)8-6-17(27)12-20(14)23)7-9-24(5)21(18)11-15(2)25(24,29)22(28)13-30-16(3)26/h12,14-15,18-19,21,29H,6-11,13H2,1-5H3/t14-,15+,18+,19+,21+,23+,24-,25-/m0/s1. The zero-order valence-corrected chi connectivity index (χ0v) is 19.0. The van der Waals surface area contributed by atoms with Gasteiger partial charge in [-0.05, 0) is 73.2 Å². The Morgan fingerprint density at radius 1 is 1.17 bits per heavy atom. The molecule has 30 heavy (non-hydrogen) atoms. The van der Waals surface area contributed by atoms with Gasteiger partial charge in [0.15, 0.2) is 12.4 Å². The molecule has 0 spiro atoms. The molecule has 1 N–H and O–H groups in total. The number of Topliss-reactive ketones (excluding diaryl/α,β-unsaturated/α-hetero) is 1. The van der Waals surface area contributed by atoms with Crippen molar-refractivity contribution < 1.29 is 24.2 Å². The van der Waals surface area contributed by atoms with Crippen LogP contribution in [0.2, 0.25) is 0 Å². The van der Waals surface area contributed by atoms with Crippen molar-refractivity contribution in [1.82, 2.24) is 0 Å². The SMILES string of the molecule is CC(=O)OCC(=O)[C@@]1(O)[C@H](C)C[C@@H]2[C@@H]3C[C@H](C)C4=CC(=O)CC[C@]4(C)[C@@H]3CC[C@@]21C. The number of esters is 1. The second-order valence-electron chi connectivity index (χ2n) is 11.1. The van der Waals surface area contributed by atoms with E-state index >= 15 is 0 Å². The Kier molecular flexibility index (Phi) is 5.08. The third-order valence-electron chi connectivity index (χ3n) is 9.69. The van der Waals surface area contributed by atoms with Crippen LogP contribution in [0.3, 0.4) is 0 Å². The van der Waals surface area contributed by atoms with Crippen molar-refractivity contribution in [2.24, 2.45) is 40.4 Å². The van der Waals surface area contributed by atoms with E-state index in [9.17, 15) is 19.5 Å². The highest BCUT2D eigenvalue weighted by Crippen LogP contribution is 2.69. The summed E-state index contributed by atoms with van der Waals surface area (Å²) in [4.78, 5) is 36.5. The summed E-state index contributed by atoms with van der Waals surface area (Å²) in [5.41, 5.74) is -0.590. The highest BCUT2D eigenvalue weighted by Gasteiger charge is 2.69. The molecule has 4 aliphatic carbocycles. The molecule has 0 bridgehead atoms. The highest BCUT2D eigenvalue weighted by molar-refractivity contribution is 5.92. The number of carbonyl (C=O) groups is 3. The fourth-order valence-corrected chi connectivity index (χ4v) is 8.20. The maximum absolute atomic E-state index is 13.1. The summed E-state index contributed by atoms with van der Waals surface area (Å²) in [7, 11) is 0.